The van der Waals surface area contributed by atoms with Gasteiger partial charge in [-0.1, -0.05) is 13.0 Å². The lowest BCUT2D eigenvalue weighted by atomic mass is 10.1. The molecule has 80 valence electrons. The Kier molecular flexibility index (Phi) is 2.49. The van der Waals surface area contributed by atoms with Crippen molar-refractivity contribution >= 4 is 5.65 Å². The summed E-state index contributed by atoms with van der Waals surface area (Å²) in [7, 11) is 0. The Labute approximate surface area is 89.9 Å². The molecule has 0 aliphatic heterocycles. The lowest BCUT2D eigenvalue weighted by Crippen LogP contribution is -2.12. The molecule has 0 saturated carbocycles. The molecule has 0 aliphatic carbocycles. The minimum absolute atomic E-state index is 0.0711. The summed E-state index contributed by atoms with van der Waals surface area (Å²) >= 11 is 0. The number of pyridine rings is 1. The third kappa shape index (κ3) is 1.63. The van der Waals surface area contributed by atoms with E-state index in [4.69, 9.17) is 5.73 Å². The maximum atomic E-state index is 6.09. The molecule has 2 heterocycles. The molecule has 2 aromatic heterocycles. The van der Waals surface area contributed by atoms with E-state index < -0.39 is 0 Å². The average Bonchev–Trinajstić information content (AvgIpc) is 2.52. The van der Waals surface area contributed by atoms with Crippen LogP contribution < -0.4 is 5.73 Å². The summed E-state index contributed by atoms with van der Waals surface area (Å²) in [5, 5.41) is 0. The molecule has 3 nitrogen and oxygen atoms in total. The van der Waals surface area contributed by atoms with Crippen molar-refractivity contribution < 1.29 is 0 Å². The summed E-state index contributed by atoms with van der Waals surface area (Å²) in [5.74, 6) is 0. The third-order valence-electron chi connectivity index (χ3n) is 2.78. The van der Waals surface area contributed by atoms with Gasteiger partial charge in [-0.25, -0.2) is 4.98 Å². The van der Waals surface area contributed by atoms with E-state index in [2.05, 4.69) is 35.5 Å². The number of rotatable bonds is 2. The van der Waals surface area contributed by atoms with Crippen molar-refractivity contribution in [3.8, 4) is 0 Å². The molecule has 0 spiro atoms. The van der Waals surface area contributed by atoms with Crippen LogP contribution in [0.4, 0.5) is 0 Å². The van der Waals surface area contributed by atoms with Crippen molar-refractivity contribution in [1.82, 2.24) is 9.38 Å². The first-order valence-corrected chi connectivity index (χ1v) is 5.34. The summed E-state index contributed by atoms with van der Waals surface area (Å²) in [4.78, 5) is 4.51. The van der Waals surface area contributed by atoms with Crippen LogP contribution in [0.25, 0.3) is 5.65 Å². The molecule has 0 aromatic carbocycles. The molecule has 0 fully saturated rings. The normalized spacial score (nSPS) is 13.3. The lowest BCUT2D eigenvalue weighted by molar-refractivity contribution is 0.663. The number of nitrogens with two attached hydrogens (primary N) is 1. The fraction of sp³-hybridized carbons (Fsp3) is 0.417. The molecule has 0 saturated heterocycles. The maximum absolute atomic E-state index is 6.09. The number of hydrogen-bond donors (Lipinski definition) is 1. The van der Waals surface area contributed by atoms with Crippen LogP contribution in [-0.2, 0) is 0 Å². The van der Waals surface area contributed by atoms with Crippen molar-refractivity contribution in [2.75, 3.05) is 0 Å². The second-order valence-corrected chi connectivity index (χ2v) is 4.03. The molecule has 3 heteroatoms. The van der Waals surface area contributed by atoms with Gasteiger partial charge in [-0.15, -0.1) is 0 Å². The highest BCUT2D eigenvalue weighted by molar-refractivity contribution is 5.45. The summed E-state index contributed by atoms with van der Waals surface area (Å²) in [6.45, 7) is 6.20. The van der Waals surface area contributed by atoms with Gasteiger partial charge in [0, 0.05) is 12.2 Å². The number of hydrogen-bond acceptors (Lipinski definition) is 2. The molecule has 0 bridgehead atoms. The van der Waals surface area contributed by atoms with E-state index in [-0.39, 0.29) is 6.04 Å². The van der Waals surface area contributed by atoms with Gasteiger partial charge in [0.25, 0.3) is 0 Å². The van der Waals surface area contributed by atoms with E-state index in [0.717, 1.165) is 23.5 Å². The van der Waals surface area contributed by atoms with E-state index in [0.29, 0.717) is 0 Å². The van der Waals surface area contributed by atoms with E-state index in [1.807, 2.05) is 13.0 Å². The zero-order chi connectivity index (χ0) is 11.0. The number of aromatic nitrogens is 2. The Balaban J connectivity index is 2.70. The average molecular weight is 203 g/mol. The molecule has 0 amide bonds. The van der Waals surface area contributed by atoms with Gasteiger partial charge in [0.05, 0.1) is 11.4 Å². The van der Waals surface area contributed by atoms with E-state index in [1.165, 1.54) is 5.56 Å². The Morgan fingerprint density at radius 3 is 2.80 bits per heavy atom. The van der Waals surface area contributed by atoms with Crippen LogP contribution in [0.1, 0.15) is 36.3 Å². The zero-order valence-corrected chi connectivity index (χ0v) is 9.49. The first-order chi connectivity index (χ1) is 7.13. The molecule has 2 rings (SSSR count). The van der Waals surface area contributed by atoms with Crippen LogP contribution >= 0.6 is 0 Å². The number of aryl methyl sites for hydroxylation is 2. The molecule has 2 aromatic rings. The predicted molar refractivity (Wildman–Crippen MR) is 61.9 cm³/mol. The monoisotopic (exact) mass is 203 g/mol. The molecular formula is C12H17N3. The van der Waals surface area contributed by atoms with Crippen molar-refractivity contribution in [3.63, 3.8) is 0 Å². The molecule has 0 radical (unpaired) electrons. The highest BCUT2D eigenvalue weighted by Gasteiger charge is 2.13. The van der Waals surface area contributed by atoms with Gasteiger partial charge in [-0.3, -0.25) is 0 Å². The van der Waals surface area contributed by atoms with Crippen LogP contribution in [0.15, 0.2) is 18.3 Å². The van der Waals surface area contributed by atoms with E-state index in [1.54, 1.807) is 0 Å². The van der Waals surface area contributed by atoms with Crippen molar-refractivity contribution in [3.05, 3.63) is 35.3 Å². The van der Waals surface area contributed by atoms with Gasteiger partial charge >= 0.3 is 0 Å². The number of fused-ring (bicyclic) bond motifs is 1. The first kappa shape index (κ1) is 10.2. The Morgan fingerprint density at radius 2 is 2.13 bits per heavy atom. The van der Waals surface area contributed by atoms with Crippen LogP contribution in [0.5, 0.6) is 0 Å². The van der Waals surface area contributed by atoms with Crippen molar-refractivity contribution in [1.29, 1.82) is 0 Å². The van der Waals surface area contributed by atoms with Gasteiger partial charge in [-0.2, -0.15) is 0 Å². The Morgan fingerprint density at radius 1 is 1.40 bits per heavy atom. The molecule has 1 atom stereocenters. The van der Waals surface area contributed by atoms with E-state index in [9.17, 15) is 0 Å². The molecule has 0 aliphatic rings. The van der Waals surface area contributed by atoms with Gasteiger partial charge in [0.1, 0.15) is 5.65 Å². The topological polar surface area (TPSA) is 43.3 Å². The summed E-state index contributed by atoms with van der Waals surface area (Å²) in [6, 6.07) is 4.18. The highest BCUT2D eigenvalue weighted by atomic mass is 15.0. The van der Waals surface area contributed by atoms with Gasteiger partial charge in [-0.05, 0) is 31.9 Å². The minimum atomic E-state index is 0.0711. The van der Waals surface area contributed by atoms with Crippen molar-refractivity contribution in [2.24, 2.45) is 5.73 Å². The summed E-state index contributed by atoms with van der Waals surface area (Å²) in [5.41, 5.74) is 10.5. The van der Waals surface area contributed by atoms with Crippen molar-refractivity contribution in [2.45, 2.75) is 33.2 Å². The standard InChI is InChI=1S/C12H17N3/c1-4-10(13)12-9(3)14-11-6-5-8(2)7-15(11)12/h5-7,10H,4,13H2,1-3H3. The minimum Gasteiger partial charge on any atom is -0.323 e. The first-order valence-electron chi connectivity index (χ1n) is 5.34. The highest BCUT2D eigenvalue weighted by Crippen LogP contribution is 2.20. The molecule has 2 N–H and O–H groups in total. The van der Waals surface area contributed by atoms with Gasteiger partial charge in [0.2, 0.25) is 0 Å². The van der Waals surface area contributed by atoms with E-state index >= 15 is 0 Å². The van der Waals surface area contributed by atoms with Crippen LogP contribution in [0.3, 0.4) is 0 Å². The zero-order valence-electron chi connectivity index (χ0n) is 9.49. The predicted octanol–water partition coefficient (Wildman–Crippen LogP) is 2.36. The maximum Gasteiger partial charge on any atom is 0.137 e. The van der Waals surface area contributed by atoms with Crippen LogP contribution in [0, 0.1) is 13.8 Å². The smallest absolute Gasteiger partial charge is 0.137 e. The fourth-order valence-electron chi connectivity index (χ4n) is 1.93. The quantitative estimate of drug-likeness (QED) is 0.814. The second kappa shape index (κ2) is 3.66. The molecule has 15 heavy (non-hydrogen) atoms. The third-order valence-corrected chi connectivity index (χ3v) is 2.78. The second-order valence-electron chi connectivity index (χ2n) is 4.03. The van der Waals surface area contributed by atoms with Gasteiger partial charge < -0.3 is 10.1 Å². The molecular weight excluding hydrogens is 186 g/mol. The van der Waals surface area contributed by atoms with Gasteiger partial charge in [0.15, 0.2) is 0 Å². The largest absolute Gasteiger partial charge is 0.323 e. The molecule has 1 unspecified atom stereocenters. The fourth-order valence-corrected chi connectivity index (χ4v) is 1.93. The Bertz CT molecular complexity index is 485. The SMILES string of the molecule is CCC(N)c1c(C)nc2ccc(C)cn12. The van der Waals surface area contributed by atoms with Crippen LogP contribution in [0.2, 0.25) is 0 Å². The number of imidazole rings is 1. The number of nitrogens with zero attached hydrogens (tertiary/aromatic N) is 2. The summed E-state index contributed by atoms with van der Waals surface area (Å²) in [6.07, 6.45) is 3.03. The lowest BCUT2D eigenvalue weighted by Gasteiger charge is -2.10. The Hall–Kier alpha value is -1.35. The van der Waals surface area contributed by atoms with Crippen LogP contribution in [-0.4, -0.2) is 9.38 Å². The summed E-state index contributed by atoms with van der Waals surface area (Å²) < 4.78 is 2.11.